The Morgan fingerprint density at radius 3 is 2.58 bits per heavy atom. The van der Waals surface area contributed by atoms with Gasteiger partial charge in [-0.2, -0.15) is 0 Å². The molecule has 1 atom stereocenters. The summed E-state index contributed by atoms with van der Waals surface area (Å²) < 4.78 is 0. The maximum atomic E-state index is 13.3. The number of rotatable bonds is 2. The van der Waals surface area contributed by atoms with Gasteiger partial charge in [0, 0.05) is 6.54 Å². The third-order valence-corrected chi connectivity index (χ3v) is 5.84. The number of nitrogens with zero attached hydrogens (tertiary/aromatic N) is 1. The van der Waals surface area contributed by atoms with E-state index in [0.717, 1.165) is 31.3 Å². The van der Waals surface area contributed by atoms with Crippen LogP contribution in [0.15, 0.2) is 36.4 Å². The number of likely N-dealkylation sites (tertiary alicyclic amines) is 1. The number of phenolic OH excluding ortho intramolecular Hbond substituents is 1. The van der Waals surface area contributed by atoms with Crippen molar-refractivity contribution >= 4 is 22.6 Å². The van der Waals surface area contributed by atoms with Crippen LogP contribution in [0.5, 0.6) is 5.75 Å². The van der Waals surface area contributed by atoms with Crippen molar-refractivity contribution in [3.05, 3.63) is 42.0 Å². The van der Waals surface area contributed by atoms with Crippen LogP contribution in [0, 0.1) is 5.41 Å². The molecule has 2 aromatic carbocycles. The van der Waals surface area contributed by atoms with Crippen LogP contribution in [0.3, 0.4) is 0 Å². The van der Waals surface area contributed by atoms with Gasteiger partial charge in [-0.25, -0.2) is 4.79 Å². The van der Waals surface area contributed by atoms with E-state index in [0.29, 0.717) is 18.4 Å². The summed E-state index contributed by atoms with van der Waals surface area (Å²) in [7, 11) is 0. The van der Waals surface area contributed by atoms with Crippen molar-refractivity contribution in [2.75, 3.05) is 19.6 Å². The maximum Gasteiger partial charge on any atom is 0.326 e. The van der Waals surface area contributed by atoms with Gasteiger partial charge in [0.05, 0.1) is 5.56 Å². The topological polar surface area (TPSA) is 89.9 Å². The molecule has 2 aliphatic heterocycles. The lowest BCUT2D eigenvalue weighted by molar-refractivity contribution is -0.141. The number of amides is 1. The van der Waals surface area contributed by atoms with Crippen molar-refractivity contribution in [2.45, 2.75) is 25.3 Å². The Kier molecular flexibility index (Phi) is 4.07. The molecule has 1 spiro atoms. The third kappa shape index (κ3) is 2.70. The number of aromatic hydroxyl groups is 1. The Morgan fingerprint density at radius 1 is 1.12 bits per heavy atom. The third-order valence-electron chi connectivity index (χ3n) is 5.84. The highest BCUT2D eigenvalue weighted by Gasteiger charge is 2.49. The highest BCUT2D eigenvalue weighted by Crippen LogP contribution is 2.43. The summed E-state index contributed by atoms with van der Waals surface area (Å²) in [5, 5.41) is 24.9. The molecule has 6 heteroatoms. The first-order chi connectivity index (χ1) is 12.5. The van der Waals surface area contributed by atoms with Crippen molar-refractivity contribution in [1.29, 1.82) is 0 Å². The Balaban J connectivity index is 1.75. The van der Waals surface area contributed by atoms with Crippen LogP contribution in [0.1, 0.15) is 29.6 Å². The molecule has 2 saturated heterocycles. The number of carboxylic acid groups (broad SMARTS) is 1. The Bertz CT molecular complexity index is 873. The summed E-state index contributed by atoms with van der Waals surface area (Å²) in [6.07, 6.45) is 2.20. The molecular weight excluding hydrogens is 332 g/mol. The average molecular weight is 354 g/mol. The van der Waals surface area contributed by atoms with Crippen molar-refractivity contribution in [3.8, 4) is 5.75 Å². The molecule has 0 aliphatic carbocycles. The Labute approximate surface area is 151 Å². The predicted octanol–water partition coefficient (Wildman–Crippen LogP) is 2.21. The van der Waals surface area contributed by atoms with Gasteiger partial charge < -0.3 is 20.4 Å². The molecule has 3 N–H and O–H groups in total. The molecule has 2 heterocycles. The number of hydrogen-bond acceptors (Lipinski definition) is 4. The smallest absolute Gasteiger partial charge is 0.326 e. The minimum Gasteiger partial charge on any atom is -0.507 e. The minimum absolute atomic E-state index is 0.107. The molecular formula is C20H22N2O4. The first-order valence-corrected chi connectivity index (χ1v) is 8.96. The highest BCUT2D eigenvalue weighted by atomic mass is 16.4. The number of piperidine rings is 1. The molecule has 0 unspecified atom stereocenters. The van der Waals surface area contributed by atoms with Crippen molar-refractivity contribution in [3.63, 3.8) is 0 Å². The van der Waals surface area contributed by atoms with Gasteiger partial charge in [-0.15, -0.1) is 0 Å². The van der Waals surface area contributed by atoms with E-state index >= 15 is 0 Å². The molecule has 2 aromatic rings. The number of phenols is 1. The largest absolute Gasteiger partial charge is 0.507 e. The number of aliphatic carboxylic acids is 1. The molecule has 0 radical (unpaired) electrons. The lowest BCUT2D eigenvalue weighted by Gasteiger charge is -2.33. The molecule has 2 aliphatic rings. The normalized spacial score (nSPS) is 22.0. The van der Waals surface area contributed by atoms with Gasteiger partial charge in [-0.1, -0.05) is 30.3 Å². The van der Waals surface area contributed by atoms with E-state index in [1.807, 2.05) is 18.2 Å². The van der Waals surface area contributed by atoms with Crippen LogP contribution in [0.4, 0.5) is 0 Å². The second-order valence-electron chi connectivity index (χ2n) is 7.42. The van der Waals surface area contributed by atoms with Crippen molar-refractivity contribution in [1.82, 2.24) is 10.2 Å². The van der Waals surface area contributed by atoms with Crippen LogP contribution in [-0.2, 0) is 4.79 Å². The summed E-state index contributed by atoms with van der Waals surface area (Å²) >= 11 is 0. The van der Waals surface area contributed by atoms with Crippen LogP contribution < -0.4 is 5.32 Å². The average Bonchev–Trinajstić information content (AvgIpc) is 3.01. The van der Waals surface area contributed by atoms with Gasteiger partial charge in [0.15, 0.2) is 0 Å². The van der Waals surface area contributed by atoms with Crippen molar-refractivity contribution in [2.24, 2.45) is 5.41 Å². The Hall–Kier alpha value is -2.60. The molecule has 0 aromatic heterocycles. The number of carboxylic acids is 1. The lowest BCUT2D eigenvalue weighted by atomic mass is 9.77. The number of fused-ring (bicyclic) bond motifs is 1. The number of benzene rings is 2. The zero-order valence-corrected chi connectivity index (χ0v) is 14.4. The number of hydrogen-bond donors (Lipinski definition) is 3. The van der Waals surface area contributed by atoms with E-state index in [-0.39, 0.29) is 16.7 Å². The van der Waals surface area contributed by atoms with Gasteiger partial charge in [0.2, 0.25) is 0 Å². The van der Waals surface area contributed by atoms with Crippen LogP contribution in [-0.4, -0.2) is 52.7 Å². The van der Waals surface area contributed by atoms with Gasteiger partial charge in [0.1, 0.15) is 11.8 Å². The summed E-state index contributed by atoms with van der Waals surface area (Å²) in [5.74, 6) is -1.49. The fourth-order valence-corrected chi connectivity index (χ4v) is 4.44. The number of carbonyl (C=O) groups excluding carboxylic acids is 1. The first-order valence-electron chi connectivity index (χ1n) is 8.96. The monoisotopic (exact) mass is 354 g/mol. The lowest BCUT2D eigenvalue weighted by Crippen LogP contribution is -2.42. The first kappa shape index (κ1) is 16.8. The number of nitrogens with one attached hydrogen (secondary N) is 1. The maximum absolute atomic E-state index is 13.3. The minimum atomic E-state index is -0.978. The van der Waals surface area contributed by atoms with Gasteiger partial charge in [-0.05, 0) is 54.6 Å². The molecule has 0 bridgehead atoms. The molecule has 136 valence electrons. The second-order valence-corrected chi connectivity index (χ2v) is 7.42. The van der Waals surface area contributed by atoms with Crippen LogP contribution in [0.25, 0.3) is 10.8 Å². The molecule has 0 saturated carbocycles. The van der Waals surface area contributed by atoms with Crippen molar-refractivity contribution < 1.29 is 19.8 Å². The zero-order chi connectivity index (χ0) is 18.3. The van der Waals surface area contributed by atoms with Gasteiger partial charge >= 0.3 is 5.97 Å². The van der Waals surface area contributed by atoms with E-state index in [1.54, 1.807) is 12.1 Å². The van der Waals surface area contributed by atoms with E-state index in [4.69, 9.17) is 0 Å². The fourth-order valence-electron chi connectivity index (χ4n) is 4.44. The van der Waals surface area contributed by atoms with Crippen LogP contribution in [0.2, 0.25) is 0 Å². The van der Waals surface area contributed by atoms with E-state index < -0.39 is 17.9 Å². The van der Waals surface area contributed by atoms with E-state index in [2.05, 4.69) is 5.32 Å². The van der Waals surface area contributed by atoms with E-state index in [9.17, 15) is 19.8 Å². The molecule has 2 fully saturated rings. The zero-order valence-electron chi connectivity index (χ0n) is 14.4. The summed E-state index contributed by atoms with van der Waals surface area (Å²) in [5.41, 5.74) is 0.0461. The van der Waals surface area contributed by atoms with Gasteiger partial charge in [0.25, 0.3) is 5.91 Å². The molecule has 1 amide bonds. The molecule has 26 heavy (non-hydrogen) atoms. The summed E-state index contributed by atoms with van der Waals surface area (Å²) in [6, 6.07) is 9.75. The standard InChI is InChI=1S/C20H22N2O4/c23-16-6-5-13-3-1-2-4-14(13)17(16)18(24)22-12-20(7-9-21-10-8-20)11-15(22)19(25)26/h1-6,15,21,23H,7-12H2,(H,25,26)/t15-/m0/s1. The fraction of sp³-hybridized carbons (Fsp3) is 0.400. The second kappa shape index (κ2) is 6.29. The van der Waals surface area contributed by atoms with E-state index in [1.165, 1.54) is 11.0 Å². The predicted molar refractivity (Wildman–Crippen MR) is 97.2 cm³/mol. The highest BCUT2D eigenvalue weighted by molar-refractivity contribution is 6.10. The summed E-state index contributed by atoms with van der Waals surface area (Å²) in [4.78, 5) is 26.6. The Morgan fingerprint density at radius 2 is 1.85 bits per heavy atom. The SMILES string of the molecule is O=C(O)[C@@H]1CC2(CCNCC2)CN1C(=O)c1c(O)ccc2ccccc12. The quantitative estimate of drug-likeness (QED) is 0.769. The van der Waals surface area contributed by atoms with Gasteiger partial charge in [-0.3, -0.25) is 4.79 Å². The summed E-state index contributed by atoms with van der Waals surface area (Å²) in [6.45, 7) is 2.11. The van der Waals surface area contributed by atoms with Crippen LogP contribution >= 0.6 is 0 Å². The number of carbonyl (C=O) groups is 2. The molecule has 4 rings (SSSR count). The molecule has 6 nitrogen and oxygen atoms in total.